The minimum absolute atomic E-state index is 0.0128. The number of fused-ring (bicyclic) bond motifs is 1. The SMILES string of the molecule is COCCCCOc1cc(Cc2cccc(Cl)c2F)cc2c(=O)c(C(=O)O)cn([C@H](CO)C(C)C)c12. The Labute approximate surface area is 214 Å². The highest BCUT2D eigenvalue weighted by Gasteiger charge is 2.24. The van der Waals surface area contributed by atoms with Crippen LogP contribution in [0.5, 0.6) is 5.75 Å². The number of benzene rings is 2. The number of hydrogen-bond donors (Lipinski definition) is 2. The van der Waals surface area contributed by atoms with Crippen molar-refractivity contribution in [2.45, 2.75) is 39.2 Å². The first-order chi connectivity index (χ1) is 17.2. The first kappa shape index (κ1) is 27.6. The Morgan fingerprint density at radius 2 is 1.92 bits per heavy atom. The van der Waals surface area contributed by atoms with Crippen LogP contribution < -0.4 is 10.2 Å². The van der Waals surface area contributed by atoms with E-state index in [1.165, 1.54) is 12.3 Å². The number of pyridine rings is 1. The van der Waals surface area contributed by atoms with Crippen LogP contribution in [0.1, 0.15) is 54.2 Å². The van der Waals surface area contributed by atoms with Gasteiger partial charge in [-0.3, -0.25) is 4.79 Å². The summed E-state index contributed by atoms with van der Waals surface area (Å²) in [6.45, 7) is 4.43. The van der Waals surface area contributed by atoms with E-state index >= 15 is 0 Å². The maximum atomic E-state index is 14.6. The lowest BCUT2D eigenvalue weighted by molar-refractivity contribution is 0.0694. The lowest BCUT2D eigenvalue weighted by Crippen LogP contribution is -2.26. The Balaban J connectivity index is 2.25. The van der Waals surface area contributed by atoms with Crippen LogP contribution >= 0.6 is 11.6 Å². The first-order valence-corrected chi connectivity index (χ1v) is 12.2. The summed E-state index contributed by atoms with van der Waals surface area (Å²) in [7, 11) is 1.62. The molecule has 1 atom stereocenters. The fraction of sp³-hybridized carbons (Fsp3) is 0.407. The first-order valence-electron chi connectivity index (χ1n) is 11.8. The number of carboxylic acid groups (broad SMARTS) is 1. The van der Waals surface area contributed by atoms with Crippen molar-refractivity contribution < 1.29 is 28.9 Å². The molecule has 0 aliphatic rings. The van der Waals surface area contributed by atoms with Gasteiger partial charge in [0.15, 0.2) is 0 Å². The van der Waals surface area contributed by atoms with Gasteiger partial charge in [-0.1, -0.05) is 37.6 Å². The van der Waals surface area contributed by atoms with Crippen LogP contribution in [0.15, 0.2) is 41.3 Å². The molecular weight excluding hydrogens is 489 g/mol. The molecule has 1 heterocycles. The zero-order chi connectivity index (χ0) is 26.4. The van der Waals surface area contributed by atoms with Crippen LogP contribution in [-0.4, -0.2) is 47.7 Å². The van der Waals surface area contributed by atoms with E-state index in [4.69, 9.17) is 21.1 Å². The largest absolute Gasteiger partial charge is 0.491 e. The Kier molecular flexibility index (Phi) is 9.48. The molecule has 0 bridgehead atoms. The zero-order valence-electron chi connectivity index (χ0n) is 20.6. The monoisotopic (exact) mass is 519 g/mol. The van der Waals surface area contributed by atoms with Gasteiger partial charge in [-0.2, -0.15) is 0 Å². The van der Waals surface area contributed by atoms with Gasteiger partial charge in [0.25, 0.3) is 0 Å². The van der Waals surface area contributed by atoms with Crippen molar-refractivity contribution in [3.8, 4) is 5.75 Å². The molecule has 0 saturated heterocycles. The van der Waals surface area contributed by atoms with E-state index in [0.29, 0.717) is 42.0 Å². The van der Waals surface area contributed by atoms with Gasteiger partial charge in [0.2, 0.25) is 5.43 Å². The van der Waals surface area contributed by atoms with Crippen molar-refractivity contribution in [2.75, 3.05) is 26.9 Å². The fourth-order valence-electron chi connectivity index (χ4n) is 4.19. The molecule has 0 unspecified atom stereocenters. The van der Waals surface area contributed by atoms with E-state index in [1.54, 1.807) is 35.9 Å². The Bertz CT molecular complexity index is 1290. The minimum atomic E-state index is -1.37. The summed E-state index contributed by atoms with van der Waals surface area (Å²) in [4.78, 5) is 25.2. The number of carbonyl (C=O) groups is 1. The van der Waals surface area contributed by atoms with Crippen molar-refractivity contribution in [3.63, 3.8) is 0 Å². The summed E-state index contributed by atoms with van der Waals surface area (Å²) in [6.07, 6.45) is 2.84. The fourth-order valence-corrected chi connectivity index (χ4v) is 4.39. The number of halogens is 2. The summed E-state index contributed by atoms with van der Waals surface area (Å²) in [5.41, 5.74) is 0.190. The molecule has 0 saturated carbocycles. The van der Waals surface area contributed by atoms with Crippen LogP contribution in [0.3, 0.4) is 0 Å². The standard InChI is InChI=1S/C27H31ClFNO6/c1-16(2)22(15-31)30-14-20(27(33)34)26(32)19-12-17(11-18-7-6-8-21(28)24(18)29)13-23(25(19)30)36-10-5-4-9-35-3/h6-8,12-14,16,22,31H,4-5,9-11,15H2,1-3H3,(H,33,34)/t22-/m1/s1. The van der Waals surface area contributed by atoms with Crippen molar-refractivity contribution in [3.05, 3.63) is 74.3 Å². The quantitative estimate of drug-likeness (QED) is 0.324. The molecular formula is C27H31ClFNO6. The average Bonchev–Trinajstić information content (AvgIpc) is 2.83. The molecule has 9 heteroatoms. The third-order valence-electron chi connectivity index (χ3n) is 6.12. The molecule has 2 N–H and O–H groups in total. The van der Waals surface area contributed by atoms with Gasteiger partial charge < -0.3 is 24.3 Å². The second kappa shape index (κ2) is 12.3. The summed E-state index contributed by atoms with van der Waals surface area (Å²) in [6, 6.07) is 7.48. The number of aliphatic hydroxyl groups excluding tert-OH is 1. The topological polar surface area (TPSA) is 98.0 Å². The highest BCUT2D eigenvalue weighted by Crippen LogP contribution is 2.33. The van der Waals surface area contributed by atoms with Gasteiger partial charge >= 0.3 is 5.97 Å². The Morgan fingerprint density at radius 1 is 1.19 bits per heavy atom. The molecule has 0 radical (unpaired) electrons. The van der Waals surface area contributed by atoms with E-state index < -0.39 is 28.8 Å². The van der Waals surface area contributed by atoms with Crippen molar-refractivity contribution in [1.29, 1.82) is 0 Å². The Morgan fingerprint density at radius 3 is 2.56 bits per heavy atom. The second-order valence-corrected chi connectivity index (χ2v) is 9.41. The molecule has 0 amide bonds. The molecule has 1 aromatic heterocycles. The molecule has 36 heavy (non-hydrogen) atoms. The van der Waals surface area contributed by atoms with Gasteiger partial charge in [0, 0.05) is 26.3 Å². The molecule has 3 rings (SSSR count). The Hall–Kier alpha value is -2.94. The number of aliphatic hydroxyl groups is 1. The van der Waals surface area contributed by atoms with Crippen LogP contribution in [0.25, 0.3) is 10.9 Å². The predicted octanol–water partition coefficient (Wildman–Crippen LogP) is 5.08. The molecule has 7 nitrogen and oxygen atoms in total. The highest BCUT2D eigenvalue weighted by atomic mass is 35.5. The maximum Gasteiger partial charge on any atom is 0.341 e. The number of aromatic carboxylic acids is 1. The summed E-state index contributed by atoms with van der Waals surface area (Å²) in [5.74, 6) is -1.64. The summed E-state index contributed by atoms with van der Waals surface area (Å²) < 4.78 is 27.4. The van der Waals surface area contributed by atoms with E-state index in [0.717, 1.165) is 6.42 Å². The number of aromatic nitrogens is 1. The van der Waals surface area contributed by atoms with E-state index in [1.807, 2.05) is 13.8 Å². The van der Waals surface area contributed by atoms with Crippen molar-refractivity contribution >= 4 is 28.5 Å². The highest BCUT2D eigenvalue weighted by molar-refractivity contribution is 6.30. The van der Waals surface area contributed by atoms with Crippen LogP contribution in [0.4, 0.5) is 4.39 Å². The number of rotatable bonds is 12. The molecule has 0 spiro atoms. The van der Waals surface area contributed by atoms with Gasteiger partial charge in [0.05, 0.1) is 35.2 Å². The van der Waals surface area contributed by atoms with Gasteiger partial charge in [-0.05, 0) is 48.1 Å². The molecule has 0 fully saturated rings. The van der Waals surface area contributed by atoms with Crippen molar-refractivity contribution in [2.24, 2.45) is 5.92 Å². The normalized spacial score (nSPS) is 12.3. The van der Waals surface area contributed by atoms with Gasteiger partial charge in [-0.15, -0.1) is 0 Å². The third kappa shape index (κ3) is 6.06. The second-order valence-electron chi connectivity index (χ2n) is 9.01. The van der Waals surface area contributed by atoms with E-state index in [2.05, 4.69) is 0 Å². The number of carboxylic acids is 1. The van der Waals surface area contributed by atoms with Crippen LogP contribution in [0.2, 0.25) is 5.02 Å². The van der Waals surface area contributed by atoms with Crippen LogP contribution in [0, 0.1) is 11.7 Å². The molecule has 0 aliphatic heterocycles. The smallest absolute Gasteiger partial charge is 0.341 e. The average molecular weight is 520 g/mol. The van der Waals surface area contributed by atoms with Gasteiger partial charge in [0.1, 0.15) is 17.1 Å². The lowest BCUT2D eigenvalue weighted by Gasteiger charge is -2.26. The minimum Gasteiger partial charge on any atom is -0.491 e. The molecule has 2 aromatic carbocycles. The van der Waals surface area contributed by atoms with E-state index in [-0.39, 0.29) is 29.4 Å². The predicted molar refractivity (Wildman–Crippen MR) is 137 cm³/mol. The number of hydrogen-bond acceptors (Lipinski definition) is 5. The molecule has 0 aliphatic carbocycles. The lowest BCUT2D eigenvalue weighted by atomic mass is 9.98. The zero-order valence-corrected chi connectivity index (χ0v) is 21.3. The third-order valence-corrected chi connectivity index (χ3v) is 6.41. The van der Waals surface area contributed by atoms with E-state index in [9.17, 15) is 24.2 Å². The number of ether oxygens (including phenoxy) is 2. The molecule has 3 aromatic rings. The number of nitrogens with zero attached hydrogens (tertiary/aromatic N) is 1. The molecule has 194 valence electrons. The number of unbranched alkanes of at least 4 members (excludes halogenated alkanes) is 1. The van der Waals surface area contributed by atoms with Crippen molar-refractivity contribution in [1.82, 2.24) is 4.57 Å². The summed E-state index contributed by atoms with van der Waals surface area (Å²) >= 11 is 5.95. The number of methoxy groups -OCH3 is 1. The van der Waals surface area contributed by atoms with Crippen LogP contribution in [-0.2, 0) is 11.2 Å². The van der Waals surface area contributed by atoms with Gasteiger partial charge in [-0.25, -0.2) is 9.18 Å². The summed E-state index contributed by atoms with van der Waals surface area (Å²) in [5, 5.41) is 20.0. The maximum absolute atomic E-state index is 14.6.